The van der Waals surface area contributed by atoms with E-state index < -0.39 is 10.0 Å². The second-order valence-electron chi connectivity index (χ2n) is 5.12. The van der Waals surface area contributed by atoms with Crippen LogP contribution in [0, 0.1) is 0 Å². The molecule has 1 N–H and O–H groups in total. The number of rotatable bonds is 8. The molecule has 7 nitrogen and oxygen atoms in total. The number of hydrogen-bond acceptors (Lipinski definition) is 6. The Morgan fingerprint density at radius 1 is 1.11 bits per heavy atom. The van der Waals surface area contributed by atoms with Crippen LogP contribution in [-0.4, -0.2) is 35.5 Å². The zero-order valence-electron chi connectivity index (χ0n) is 14.8. The highest BCUT2D eigenvalue weighted by Gasteiger charge is 2.20. The van der Waals surface area contributed by atoms with Crippen molar-refractivity contribution in [1.82, 2.24) is 4.83 Å². The molecule has 0 radical (unpaired) electrons. The van der Waals surface area contributed by atoms with Crippen LogP contribution in [0.2, 0.25) is 10.0 Å². The van der Waals surface area contributed by atoms with Gasteiger partial charge in [0.15, 0.2) is 5.75 Å². The SMILES string of the molecule is CCOc1c(Cl)cc(/C=N/NS(=O)(=O)c2cc(OC)ccc2OC)cc1Cl. The summed E-state index contributed by atoms with van der Waals surface area (Å²) in [5, 5.41) is 4.35. The summed E-state index contributed by atoms with van der Waals surface area (Å²) in [7, 11) is -1.18. The van der Waals surface area contributed by atoms with Gasteiger partial charge in [-0.05, 0) is 36.8 Å². The fourth-order valence-electron chi connectivity index (χ4n) is 2.15. The predicted molar refractivity (Wildman–Crippen MR) is 105 cm³/mol. The van der Waals surface area contributed by atoms with Gasteiger partial charge in [0.25, 0.3) is 10.0 Å². The molecule has 0 aliphatic heterocycles. The monoisotopic (exact) mass is 432 g/mol. The van der Waals surface area contributed by atoms with E-state index in [2.05, 4.69) is 9.93 Å². The first-order valence-electron chi connectivity index (χ1n) is 7.71. The van der Waals surface area contributed by atoms with Crippen LogP contribution in [0.5, 0.6) is 17.2 Å². The molecule has 0 amide bonds. The van der Waals surface area contributed by atoms with E-state index in [1.54, 1.807) is 18.2 Å². The molecule has 27 heavy (non-hydrogen) atoms. The Balaban J connectivity index is 2.25. The lowest BCUT2D eigenvalue weighted by atomic mass is 10.2. The van der Waals surface area contributed by atoms with Crippen molar-refractivity contribution in [2.24, 2.45) is 5.10 Å². The topological polar surface area (TPSA) is 86.2 Å². The summed E-state index contributed by atoms with van der Waals surface area (Å²) in [5.74, 6) is 0.885. The molecule has 10 heteroatoms. The standard InChI is InChI=1S/C17H18Cl2N2O5S/c1-4-26-17-13(18)7-11(8-14(17)19)10-20-21-27(22,23)16-9-12(24-2)5-6-15(16)25-3/h5-10,21H,4H2,1-3H3/b20-10+. The van der Waals surface area contributed by atoms with Crippen molar-refractivity contribution in [3.63, 3.8) is 0 Å². The summed E-state index contributed by atoms with van der Waals surface area (Å²) in [6.45, 7) is 2.22. The number of halogens is 2. The van der Waals surface area contributed by atoms with Crippen molar-refractivity contribution in [2.45, 2.75) is 11.8 Å². The van der Waals surface area contributed by atoms with Crippen molar-refractivity contribution in [2.75, 3.05) is 20.8 Å². The lowest BCUT2D eigenvalue weighted by Crippen LogP contribution is -2.19. The van der Waals surface area contributed by atoms with E-state index in [1.807, 2.05) is 6.92 Å². The van der Waals surface area contributed by atoms with Gasteiger partial charge in [-0.3, -0.25) is 0 Å². The molecule has 0 fully saturated rings. The summed E-state index contributed by atoms with van der Waals surface area (Å²) >= 11 is 12.2. The van der Waals surface area contributed by atoms with Crippen LogP contribution in [0.1, 0.15) is 12.5 Å². The summed E-state index contributed by atoms with van der Waals surface area (Å²) in [6, 6.07) is 7.53. The molecular formula is C17H18Cl2N2O5S. The van der Waals surface area contributed by atoms with Crippen LogP contribution in [0.4, 0.5) is 0 Å². The van der Waals surface area contributed by atoms with Crippen molar-refractivity contribution in [3.8, 4) is 17.2 Å². The van der Waals surface area contributed by atoms with Crippen molar-refractivity contribution >= 4 is 39.4 Å². The van der Waals surface area contributed by atoms with Gasteiger partial charge in [0.2, 0.25) is 0 Å². The normalized spacial score (nSPS) is 11.4. The van der Waals surface area contributed by atoms with Gasteiger partial charge in [0.1, 0.15) is 16.4 Å². The van der Waals surface area contributed by atoms with E-state index in [0.717, 1.165) is 0 Å². The smallest absolute Gasteiger partial charge is 0.280 e. The van der Waals surface area contributed by atoms with Gasteiger partial charge in [-0.2, -0.15) is 18.4 Å². The van der Waals surface area contributed by atoms with Gasteiger partial charge in [-0.25, -0.2) is 0 Å². The first-order valence-corrected chi connectivity index (χ1v) is 9.95. The third-order valence-electron chi connectivity index (χ3n) is 3.36. The highest BCUT2D eigenvalue weighted by atomic mass is 35.5. The molecule has 2 aromatic rings. The lowest BCUT2D eigenvalue weighted by molar-refractivity contribution is 0.340. The molecule has 0 unspecified atom stereocenters. The number of methoxy groups -OCH3 is 2. The molecule has 0 saturated heterocycles. The minimum Gasteiger partial charge on any atom is -0.497 e. The number of benzene rings is 2. The van der Waals surface area contributed by atoms with Gasteiger partial charge in [-0.1, -0.05) is 23.2 Å². The van der Waals surface area contributed by atoms with E-state index in [4.69, 9.17) is 37.4 Å². The van der Waals surface area contributed by atoms with E-state index >= 15 is 0 Å². The molecule has 0 aromatic heterocycles. The molecule has 2 aromatic carbocycles. The maximum Gasteiger partial charge on any atom is 0.280 e. The Bertz CT molecular complexity index is 925. The first-order chi connectivity index (χ1) is 12.8. The molecule has 0 spiro atoms. The van der Waals surface area contributed by atoms with Gasteiger partial charge >= 0.3 is 0 Å². The molecule has 0 aliphatic carbocycles. The maximum atomic E-state index is 12.5. The zero-order chi connectivity index (χ0) is 20.0. The molecule has 0 atom stereocenters. The second-order valence-corrected chi connectivity index (χ2v) is 7.56. The van der Waals surface area contributed by atoms with Gasteiger partial charge < -0.3 is 14.2 Å². The Morgan fingerprint density at radius 3 is 2.33 bits per heavy atom. The van der Waals surface area contributed by atoms with Crippen LogP contribution in [0.25, 0.3) is 0 Å². The summed E-state index contributed by atoms with van der Waals surface area (Å²) < 4.78 is 40.5. The Labute approximate surface area is 167 Å². The van der Waals surface area contributed by atoms with Gasteiger partial charge in [-0.15, -0.1) is 0 Å². The molecule has 146 valence electrons. The van der Waals surface area contributed by atoms with Gasteiger partial charge in [0.05, 0.1) is 37.1 Å². The third-order valence-corrected chi connectivity index (χ3v) is 5.16. The third kappa shape index (κ3) is 5.18. The highest BCUT2D eigenvalue weighted by Crippen LogP contribution is 2.34. The Morgan fingerprint density at radius 2 is 1.78 bits per heavy atom. The van der Waals surface area contributed by atoms with Crippen LogP contribution < -0.4 is 19.0 Å². The van der Waals surface area contributed by atoms with Crippen molar-refractivity contribution in [3.05, 3.63) is 45.9 Å². The molecule has 2 rings (SSSR count). The number of sulfonamides is 1. The fraction of sp³-hybridized carbons (Fsp3) is 0.235. The van der Waals surface area contributed by atoms with Crippen molar-refractivity contribution < 1.29 is 22.6 Å². The maximum absolute atomic E-state index is 12.5. The second kappa shape index (κ2) is 9.16. The Hall–Kier alpha value is -2.16. The average Bonchev–Trinajstić information content (AvgIpc) is 2.64. The minimum absolute atomic E-state index is 0.107. The van der Waals surface area contributed by atoms with Crippen LogP contribution in [-0.2, 0) is 10.0 Å². The van der Waals surface area contributed by atoms with Crippen LogP contribution in [0.3, 0.4) is 0 Å². The lowest BCUT2D eigenvalue weighted by Gasteiger charge is -2.11. The van der Waals surface area contributed by atoms with E-state index in [0.29, 0.717) is 33.7 Å². The molecule has 0 aliphatic rings. The molecule has 0 heterocycles. The summed E-state index contributed by atoms with van der Waals surface area (Å²) in [4.78, 5) is 2.01. The number of ether oxygens (including phenoxy) is 3. The quantitative estimate of drug-likeness (QED) is 0.507. The Kier molecular flexibility index (Phi) is 7.18. The zero-order valence-corrected chi connectivity index (χ0v) is 17.2. The number of nitrogens with one attached hydrogen (secondary N) is 1. The van der Waals surface area contributed by atoms with Crippen molar-refractivity contribution in [1.29, 1.82) is 0 Å². The average molecular weight is 433 g/mol. The number of hydrazone groups is 1. The molecular weight excluding hydrogens is 415 g/mol. The predicted octanol–water partition coefficient (Wildman–Crippen LogP) is 3.72. The summed E-state index contributed by atoms with van der Waals surface area (Å²) in [5.41, 5.74) is 0.494. The van der Waals surface area contributed by atoms with E-state index in [9.17, 15) is 8.42 Å². The molecule has 0 bridgehead atoms. The first kappa shape index (κ1) is 21.1. The number of hydrogen-bond donors (Lipinski definition) is 1. The summed E-state index contributed by atoms with van der Waals surface area (Å²) in [6.07, 6.45) is 1.28. The number of nitrogens with zero attached hydrogens (tertiary/aromatic N) is 1. The van der Waals surface area contributed by atoms with E-state index in [-0.39, 0.29) is 10.6 Å². The van der Waals surface area contributed by atoms with Gasteiger partial charge in [0, 0.05) is 6.07 Å². The van der Waals surface area contributed by atoms with Crippen LogP contribution in [0.15, 0.2) is 40.3 Å². The molecule has 0 saturated carbocycles. The van der Waals surface area contributed by atoms with Crippen LogP contribution >= 0.6 is 23.2 Å². The largest absolute Gasteiger partial charge is 0.497 e. The van der Waals surface area contributed by atoms with E-state index in [1.165, 1.54) is 32.6 Å². The highest BCUT2D eigenvalue weighted by molar-refractivity contribution is 7.89. The fourth-order valence-corrected chi connectivity index (χ4v) is 3.74. The minimum atomic E-state index is -3.99.